The summed E-state index contributed by atoms with van der Waals surface area (Å²) in [5, 5.41) is 16.7. The molecule has 0 fully saturated rings. The van der Waals surface area contributed by atoms with E-state index in [1.165, 1.54) is 18.9 Å². The van der Waals surface area contributed by atoms with Gasteiger partial charge >= 0.3 is 5.97 Å². The SMILES string of the molecule is COC(=O)CSC1=C(C#N)[C@H](c2ccccc2)C(C(=O)Nc2ccccc2C)=C(C)N1. The number of aryl methyl sites for hydroxylation is 1. The lowest BCUT2D eigenvalue weighted by Gasteiger charge is -2.30. The Morgan fingerprint density at radius 1 is 1.13 bits per heavy atom. The van der Waals surface area contributed by atoms with Gasteiger partial charge in [-0.25, -0.2) is 0 Å². The van der Waals surface area contributed by atoms with Crippen molar-refractivity contribution in [3.63, 3.8) is 0 Å². The molecule has 2 aromatic carbocycles. The lowest BCUT2D eigenvalue weighted by atomic mass is 9.82. The Hall–Kier alpha value is -3.50. The number of nitriles is 1. The van der Waals surface area contributed by atoms with Gasteiger partial charge in [0.05, 0.1) is 35.5 Å². The van der Waals surface area contributed by atoms with Crippen LogP contribution in [0.5, 0.6) is 0 Å². The molecule has 31 heavy (non-hydrogen) atoms. The molecule has 0 bridgehead atoms. The second kappa shape index (κ2) is 10.0. The maximum absolute atomic E-state index is 13.4. The van der Waals surface area contributed by atoms with E-state index in [4.69, 9.17) is 4.74 Å². The van der Waals surface area contributed by atoms with Gasteiger partial charge in [0.25, 0.3) is 5.91 Å². The Morgan fingerprint density at radius 3 is 2.45 bits per heavy atom. The van der Waals surface area contributed by atoms with Crippen molar-refractivity contribution in [3.8, 4) is 6.07 Å². The number of para-hydroxylation sites is 1. The van der Waals surface area contributed by atoms with Crippen LogP contribution in [-0.2, 0) is 14.3 Å². The first-order valence-electron chi connectivity index (χ1n) is 9.69. The smallest absolute Gasteiger partial charge is 0.316 e. The van der Waals surface area contributed by atoms with E-state index in [0.29, 0.717) is 27.6 Å². The average molecular weight is 434 g/mol. The van der Waals surface area contributed by atoms with E-state index in [-0.39, 0.29) is 11.7 Å². The molecule has 1 amide bonds. The van der Waals surface area contributed by atoms with Crippen molar-refractivity contribution in [3.05, 3.63) is 87.6 Å². The molecular formula is C24H23N3O3S. The Bertz CT molecular complexity index is 1100. The minimum absolute atomic E-state index is 0.0591. The fourth-order valence-corrected chi connectivity index (χ4v) is 4.32. The van der Waals surface area contributed by atoms with Gasteiger partial charge in [-0.2, -0.15) is 5.26 Å². The summed E-state index contributed by atoms with van der Waals surface area (Å²) >= 11 is 1.19. The van der Waals surface area contributed by atoms with Gasteiger partial charge in [-0.3, -0.25) is 9.59 Å². The average Bonchev–Trinajstić information content (AvgIpc) is 2.78. The summed E-state index contributed by atoms with van der Waals surface area (Å²) in [7, 11) is 1.32. The fourth-order valence-electron chi connectivity index (χ4n) is 3.40. The normalized spacial score (nSPS) is 15.7. The van der Waals surface area contributed by atoms with E-state index in [0.717, 1.165) is 11.1 Å². The lowest BCUT2D eigenvalue weighted by Crippen LogP contribution is -2.31. The number of hydrogen-bond donors (Lipinski definition) is 2. The number of benzene rings is 2. The van der Waals surface area contributed by atoms with Crippen LogP contribution in [0.3, 0.4) is 0 Å². The van der Waals surface area contributed by atoms with E-state index < -0.39 is 11.9 Å². The molecule has 1 heterocycles. The molecule has 0 spiro atoms. The van der Waals surface area contributed by atoms with Crippen LogP contribution in [0.4, 0.5) is 5.69 Å². The summed E-state index contributed by atoms with van der Waals surface area (Å²) in [5.74, 6) is -1.17. The molecular weight excluding hydrogens is 410 g/mol. The molecule has 3 rings (SSSR count). The van der Waals surface area contributed by atoms with Crippen molar-refractivity contribution in [2.75, 3.05) is 18.2 Å². The number of allylic oxidation sites excluding steroid dienone is 2. The molecule has 0 saturated carbocycles. The predicted molar refractivity (Wildman–Crippen MR) is 122 cm³/mol. The number of methoxy groups -OCH3 is 1. The number of dihydropyridines is 1. The van der Waals surface area contributed by atoms with Gasteiger partial charge in [0.1, 0.15) is 0 Å². The third kappa shape index (κ3) is 4.98. The number of carbonyl (C=O) groups excluding carboxylic acids is 2. The second-order valence-corrected chi connectivity index (χ2v) is 7.98. The van der Waals surface area contributed by atoms with Crippen LogP contribution >= 0.6 is 11.8 Å². The number of rotatable bonds is 6. The van der Waals surface area contributed by atoms with Gasteiger partial charge < -0.3 is 15.4 Å². The highest BCUT2D eigenvalue weighted by Crippen LogP contribution is 2.41. The zero-order chi connectivity index (χ0) is 22.4. The molecule has 158 valence electrons. The van der Waals surface area contributed by atoms with Gasteiger partial charge in [0, 0.05) is 17.0 Å². The Kier molecular flexibility index (Phi) is 7.16. The van der Waals surface area contributed by atoms with Gasteiger partial charge in [-0.15, -0.1) is 0 Å². The summed E-state index contributed by atoms with van der Waals surface area (Å²) in [6, 6.07) is 19.2. The van der Waals surface area contributed by atoms with Crippen LogP contribution < -0.4 is 10.6 Å². The summed E-state index contributed by atoms with van der Waals surface area (Å²) in [6.07, 6.45) is 0. The third-order valence-corrected chi connectivity index (χ3v) is 5.97. The molecule has 2 aromatic rings. The summed E-state index contributed by atoms with van der Waals surface area (Å²) in [4.78, 5) is 25.0. The molecule has 0 aromatic heterocycles. The summed E-state index contributed by atoms with van der Waals surface area (Å²) in [5.41, 5.74) is 3.97. The number of nitrogens with one attached hydrogen (secondary N) is 2. The number of carbonyl (C=O) groups is 2. The van der Waals surface area contributed by atoms with Crippen molar-refractivity contribution >= 4 is 29.3 Å². The Labute approximate surface area is 186 Å². The van der Waals surface area contributed by atoms with E-state index in [1.54, 1.807) is 6.92 Å². The van der Waals surface area contributed by atoms with E-state index in [9.17, 15) is 14.9 Å². The van der Waals surface area contributed by atoms with Crippen molar-refractivity contribution in [2.45, 2.75) is 19.8 Å². The number of amides is 1. The first-order valence-corrected chi connectivity index (χ1v) is 10.7. The van der Waals surface area contributed by atoms with Crippen LogP contribution in [0.1, 0.15) is 24.0 Å². The topological polar surface area (TPSA) is 91.2 Å². The zero-order valence-electron chi connectivity index (χ0n) is 17.6. The molecule has 7 heteroatoms. The van der Waals surface area contributed by atoms with Crippen molar-refractivity contribution in [2.24, 2.45) is 0 Å². The summed E-state index contributed by atoms with van der Waals surface area (Å²) in [6.45, 7) is 3.72. The van der Waals surface area contributed by atoms with Crippen molar-refractivity contribution in [1.82, 2.24) is 5.32 Å². The minimum Gasteiger partial charge on any atom is -0.468 e. The fraction of sp³-hybridized carbons (Fsp3) is 0.208. The van der Waals surface area contributed by atoms with Gasteiger partial charge in [0.2, 0.25) is 0 Å². The van der Waals surface area contributed by atoms with Gasteiger partial charge in [-0.1, -0.05) is 60.3 Å². The molecule has 1 aliphatic heterocycles. The van der Waals surface area contributed by atoms with Crippen molar-refractivity contribution < 1.29 is 14.3 Å². The second-order valence-electron chi connectivity index (χ2n) is 7.00. The van der Waals surface area contributed by atoms with Crippen LogP contribution in [-0.4, -0.2) is 24.7 Å². The zero-order valence-corrected chi connectivity index (χ0v) is 18.4. The first-order chi connectivity index (χ1) is 15.0. The standard InChI is InChI=1S/C24H23N3O3S/c1-15-9-7-8-12-19(15)27-23(29)21-16(2)26-24(31-14-20(28)30-3)18(13-25)22(21)17-10-5-4-6-11-17/h4-12,22,26H,14H2,1-3H3,(H,27,29)/t22-/m0/s1. The third-order valence-electron chi connectivity index (χ3n) is 4.98. The number of anilines is 1. The highest BCUT2D eigenvalue weighted by molar-refractivity contribution is 8.03. The number of esters is 1. The molecule has 0 radical (unpaired) electrons. The molecule has 0 unspecified atom stereocenters. The number of hydrogen-bond acceptors (Lipinski definition) is 6. The molecule has 1 atom stereocenters. The Morgan fingerprint density at radius 2 is 1.81 bits per heavy atom. The monoisotopic (exact) mass is 433 g/mol. The number of thioether (sulfide) groups is 1. The highest BCUT2D eigenvalue weighted by atomic mass is 32.2. The predicted octanol–water partition coefficient (Wildman–Crippen LogP) is 4.24. The minimum atomic E-state index is -0.559. The van der Waals surface area contributed by atoms with Gasteiger partial charge in [-0.05, 0) is 31.0 Å². The molecule has 2 N–H and O–H groups in total. The molecule has 1 aliphatic rings. The van der Waals surface area contributed by atoms with Crippen LogP contribution in [0.25, 0.3) is 0 Å². The van der Waals surface area contributed by atoms with E-state index in [1.807, 2.05) is 61.5 Å². The lowest BCUT2D eigenvalue weighted by molar-refractivity contribution is -0.137. The highest BCUT2D eigenvalue weighted by Gasteiger charge is 2.34. The maximum Gasteiger partial charge on any atom is 0.316 e. The molecule has 6 nitrogen and oxygen atoms in total. The quantitative estimate of drug-likeness (QED) is 0.663. The van der Waals surface area contributed by atoms with E-state index >= 15 is 0 Å². The van der Waals surface area contributed by atoms with Crippen LogP contribution in [0, 0.1) is 18.3 Å². The summed E-state index contributed by atoms with van der Waals surface area (Å²) < 4.78 is 4.72. The van der Waals surface area contributed by atoms with Crippen LogP contribution in [0.2, 0.25) is 0 Å². The number of nitrogens with zero attached hydrogens (tertiary/aromatic N) is 1. The largest absolute Gasteiger partial charge is 0.468 e. The Balaban J connectivity index is 2.03. The van der Waals surface area contributed by atoms with Crippen LogP contribution in [0.15, 0.2) is 76.5 Å². The van der Waals surface area contributed by atoms with E-state index in [2.05, 4.69) is 16.7 Å². The number of ether oxygens (including phenoxy) is 1. The molecule has 0 aliphatic carbocycles. The first kappa shape index (κ1) is 22.2. The van der Waals surface area contributed by atoms with Gasteiger partial charge in [0.15, 0.2) is 0 Å². The molecule has 0 saturated heterocycles. The van der Waals surface area contributed by atoms with Crippen molar-refractivity contribution in [1.29, 1.82) is 5.26 Å². The maximum atomic E-state index is 13.4.